The van der Waals surface area contributed by atoms with Gasteiger partial charge in [0.25, 0.3) is 0 Å². The van der Waals surface area contributed by atoms with Crippen LogP contribution >= 0.6 is 0 Å². The molecule has 0 aromatic carbocycles. The van der Waals surface area contributed by atoms with Crippen molar-refractivity contribution in [2.75, 3.05) is 20.6 Å². The smallest absolute Gasteiger partial charge is 0.122 e. The largest absolute Gasteiger partial charge is 0.334 e. The van der Waals surface area contributed by atoms with Gasteiger partial charge in [0.2, 0.25) is 0 Å². The van der Waals surface area contributed by atoms with Crippen molar-refractivity contribution in [3.63, 3.8) is 0 Å². The van der Waals surface area contributed by atoms with Crippen molar-refractivity contribution in [1.82, 2.24) is 19.8 Å². The van der Waals surface area contributed by atoms with Crippen molar-refractivity contribution in [1.29, 1.82) is 0 Å². The maximum atomic E-state index is 4.34. The predicted molar refractivity (Wildman–Crippen MR) is 67.4 cm³/mol. The van der Waals surface area contributed by atoms with Gasteiger partial charge >= 0.3 is 0 Å². The fourth-order valence-corrected chi connectivity index (χ4v) is 1.61. The molecule has 0 amide bonds. The third-order valence-corrected chi connectivity index (χ3v) is 2.76. The number of hydrogen-bond acceptors (Lipinski definition) is 3. The maximum Gasteiger partial charge on any atom is 0.122 e. The Hall–Kier alpha value is -0.870. The van der Waals surface area contributed by atoms with E-state index in [4.69, 9.17) is 0 Å². The first kappa shape index (κ1) is 13.2. The van der Waals surface area contributed by atoms with Crippen LogP contribution in [0.3, 0.4) is 0 Å². The third kappa shape index (κ3) is 4.33. The molecule has 92 valence electrons. The van der Waals surface area contributed by atoms with E-state index in [1.54, 1.807) is 0 Å². The van der Waals surface area contributed by atoms with E-state index in [-0.39, 0.29) is 0 Å². The molecule has 16 heavy (non-hydrogen) atoms. The van der Waals surface area contributed by atoms with Crippen LogP contribution in [-0.4, -0.2) is 41.1 Å². The van der Waals surface area contributed by atoms with Crippen LogP contribution in [0.15, 0.2) is 12.4 Å². The number of aromatic nitrogens is 2. The molecule has 0 aliphatic heterocycles. The highest BCUT2D eigenvalue weighted by Crippen LogP contribution is 1.99. The number of nitrogens with one attached hydrogen (secondary N) is 1. The fraction of sp³-hybridized carbons (Fsp3) is 0.750. The number of nitrogens with zero attached hydrogens (tertiary/aromatic N) is 3. The van der Waals surface area contributed by atoms with E-state index in [0.29, 0.717) is 6.04 Å². The highest BCUT2D eigenvalue weighted by atomic mass is 15.1. The molecule has 1 rings (SSSR count). The molecule has 0 aliphatic carbocycles. The van der Waals surface area contributed by atoms with E-state index in [2.05, 4.69) is 47.7 Å². The van der Waals surface area contributed by atoms with E-state index < -0.39 is 0 Å². The summed E-state index contributed by atoms with van der Waals surface area (Å²) in [5.41, 5.74) is 0. The van der Waals surface area contributed by atoms with Crippen LogP contribution in [0.25, 0.3) is 0 Å². The molecular weight excluding hydrogens is 200 g/mol. The van der Waals surface area contributed by atoms with Gasteiger partial charge in [-0.15, -0.1) is 0 Å². The predicted octanol–water partition coefficient (Wildman–Crippen LogP) is 1.33. The van der Waals surface area contributed by atoms with E-state index in [1.165, 1.54) is 6.42 Å². The summed E-state index contributed by atoms with van der Waals surface area (Å²) in [6, 6.07) is 0.532. The molecule has 1 aromatic heterocycles. The van der Waals surface area contributed by atoms with E-state index in [9.17, 15) is 0 Å². The van der Waals surface area contributed by atoms with Gasteiger partial charge in [-0.3, -0.25) is 0 Å². The first-order valence-electron chi connectivity index (χ1n) is 6.01. The first-order chi connectivity index (χ1) is 7.63. The molecule has 0 aliphatic rings. The van der Waals surface area contributed by atoms with Crippen molar-refractivity contribution >= 4 is 0 Å². The van der Waals surface area contributed by atoms with Crippen molar-refractivity contribution in [2.45, 2.75) is 39.4 Å². The van der Waals surface area contributed by atoms with Crippen molar-refractivity contribution in [3.8, 4) is 0 Å². The van der Waals surface area contributed by atoms with E-state index in [1.807, 2.05) is 12.4 Å². The van der Waals surface area contributed by atoms with Crippen LogP contribution in [-0.2, 0) is 13.1 Å². The van der Waals surface area contributed by atoms with Gasteiger partial charge in [0.1, 0.15) is 5.82 Å². The Labute approximate surface area is 98.7 Å². The summed E-state index contributed by atoms with van der Waals surface area (Å²) < 4.78 is 2.17. The van der Waals surface area contributed by atoms with Crippen LogP contribution in [0.4, 0.5) is 0 Å². The highest BCUT2D eigenvalue weighted by molar-refractivity contribution is 4.91. The molecule has 1 aromatic rings. The van der Waals surface area contributed by atoms with Gasteiger partial charge in [-0.2, -0.15) is 0 Å². The molecule has 0 saturated carbocycles. The minimum absolute atomic E-state index is 0.532. The molecule has 0 spiro atoms. The van der Waals surface area contributed by atoms with Crippen LogP contribution in [0.1, 0.15) is 26.1 Å². The molecule has 0 fully saturated rings. The lowest BCUT2D eigenvalue weighted by molar-refractivity contribution is 0.363. The summed E-state index contributed by atoms with van der Waals surface area (Å²) in [6.45, 7) is 7.33. The molecule has 1 unspecified atom stereocenters. The average molecular weight is 224 g/mol. The molecule has 1 atom stereocenters. The van der Waals surface area contributed by atoms with Crippen molar-refractivity contribution < 1.29 is 0 Å². The fourth-order valence-electron chi connectivity index (χ4n) is 1.61. The Kier molecular flexibility index (Phi) is 5.49. The Bertz CT molecular complexity index is 293. The minimum atomic E-state index is 0.532. The van der Waals surface area contributed by atoms with Gasteiger partial charge < -0.3 is 14.8 Å². The van der Waals surface area contributed by atoms with Gasteiger partial charge in [0.15, 0.2) is 0 Å². The van der Waals surface area contributed by atoms with E-state index in [0.717, 1.165) is 25.5 Å². The standard InChI is InChI=1S/C12H24N4/c1-5-16-9-7-13-12(16)10-14-11(2)6-8-15(3)4/h7,9,11,14H,5-6,8,10H2,1-4H3. The normalized spacial score (nSPS) is 13.3. The van der Waals surface area contributed by atoms with E-state index >= 15 is 0 Å². The van der Waals surface area contributed by atoms with Gasteiger partial charge in [-0.1, -0.05) is 0 Å². The third-order valence-electron chi connectivity index (χ3n) is 2.76. The van der Waals surface area contributed by atoms with Gasteiger partial charge in [-0.05, 0) is 40.9 Å². The maximum absolute atomic E-state index is 4.34. The summed E-state index contributed by atoms with van der Waals surface area (Å²) >= 11 is 0. The molecule has 0 radical (unpaired) electrons. The lowest BCUT2D eigenvalue weighted by Gasteiger charge is -2.16. The van der Waals surface area contributed by atoms with Gasteiger partial charge in [0, 0.05) is 25.0 Å². The van der Waals surface area contributed by atoms with Gasteiger partial charge in [-0.25, -0.2) is 4.98 Å². The van der Waals surface area contributed by atoms with Crippen LogP contribution in [0.2, 0.25) is 0 Å². The summed E-state index contributed by atoms with van der Waals surface area (Å²) in [5.74, 6) is 1.12. The second kappa shape index (κ2) is 6.66. The lowest BCUT2D eigenvalue weighted by Crippen LogP contribution is -2.30. The zero-order valence-electron chi connectivity index (χ0n) is 10.9. The molecule has 4 heteroatoms. The minimum Gasteiger partial charge on any atom is -0.334 e. The second-order valence-electron chi connectivity index (χ2n) is 4.50. The molecule has 1 heterocycles. The summed E-state index contributed by atoms with van der Waals surface area (Å²) in [6.07, 6.45) is 5.06. The Morgan fingerprint density at radius 1 is 1.50 bits per heavy atom. The number of imidazole rings is 1. The van der Waals surface area contributed by atoms with Gasteiger partial charge in [0.05, 0.1) is 6.54 Å². The molecule has 0 saturated heterocycles. The quantitative estimate of drug-likeness (QED) is 0.758. The zero-order valence-corrected chi connectivity index (χ0v) is 10.9. The Morgan fingerprint density at radius 3 is 2.88 bits per heavy atom. The molecular formula is C12H24N4. The SMILES string of the molecule is CCn1ccnc1CNC(C)CCN(C)C. The van der Waals surface area contributed by atoms with Crippen LogP contribution < -0.4 is 5.32 Å². The molecule has 0 bridgehead atoms. The van der Waals surface area contributed by atoms with Crippen LogP contribution in [0.5, 0.6) is 0 Å². The topological polar surface area (TPSA) is 33.1 Å². The summed E-state index contributed by atoms with van der Waals surface area (Å²) in [5, 5.41) is 3.51. The summed E-state index contributed by atoms with van der Waals surface area (Å²) in [7, 11) is 4.22. The first-order valence-corrected chi connectivity index (χ1v) is 6.01. The average Bonchev–Trinajstić information content (AvgIpc) is 2.70. The van der Waals surface area contributed by atoms with Crippen molar-refractivity contribution in [3.05, 3.63) is 18.2 Å². The number of aryl methyl sites for hydroxylation is 1. The van der Waals surface area contributed by atoms with Crippen LogP contribution in [0, 0.1) is 0 Å². The zero-order chi connectivity index (χ0) is 12.0. The Balaban J connectivity index is 2.28. The number of hydrogen-bond donors (Lipinski definition) is 1. The molecule has 4 nitrogen and oxygen atoms in total. The monoisotopic (exact) mass is 224 g/mol. The van der Waals surface area contributed by atoms with Crippen molar-refractivity contribution in [2.24, 2.45) is 0 Å². The highest BCUT2D eigenvalue weighted by Gasteiger charge is 2.05. The second-order valence-corrected chi connectivity index (χ2v) is 4.50. The molecule has 1 N–H and O–H groups in total. The summed E-state index contributed by atoms with van der Waals surface area (Å²) in [4.78, 5) is 6.56. The lowest BCUT2D eigenvalue weighted by atomic mass is 10.2. The number of rotatable bonds is 7. The Morgan fingerprint density at radius 2 is 2.25 bits per heavy atom.